The Labute approximate surface area is 115 Å². The highest BCUT2D eigenvalue weighted by atomic mass is 16.3. The molecule has 0 saturated carbocycles. The summed E-state index contributed by atoms with van der Waals surface area (Å²) in [6.45, 7) is 9.15. The number of aliphatic hydroxyl groups is 1. The molecular formula is C15H24N2O2. The van der Waals surface area contributed by atoms with Gasteiger partial charge in [-0.2, -0.15) is 0 Å². The molecule has 0 spiro atoms. The Morgan fingerprint density at radius 3 is 2.74 bits per heavy atom. The van der Waals surface area contributed by atoms with Gasteiger partial charge in [-0.15, -0.1) is 0 Å². The number of nitrogens with one attached hydrogen (secondary N) is 1. The normalized spacial score (nSPS) is 11.7. The molecule has 0 radical (unpaired) electrons. The van der Waals surface area contributed by atoms with Crippen LogP contribution in [0.3, 0.4) is 0 Å². The van der Waals surface area contributed by atoms with E-state index in [1.54, 1.807) is 18.3 Å². The second-order valence-electron chi connectivity index (χ2n) is 6.14. The molecule has 4 nitrogen and oxygen atoms in total. The van der Waals surface area contributed by atoms with Crippen LogP contribution in [0.1, 0.15) is 50.2 Å². The first-order valence-corrected chi connectivity index (χ1v) is 6.68. The van der Waals surface area contributed by atoms with E-state index in [4.69, 9.17) is 5.11 Å². The largest absolute Gasteiger partial charge is 0.390 e. The number of aromatic nitrogens is 1. The second-order valence-corrected chi connectivity index (χ2v) is 6.14. The van der Waals surface area contributed by atoms with Gasteiger partial charge in [0.15, 0.2) is 0 Å². The Hall–Kier alpha value is -1.42. The van der Waals surface area contributed by atoms with E-state index in [1.807, 2.05) is 0 Å². The number of carbonyl (C=O) groups excluding carboxylic acids is 1. The van der Waals surface area contributed by atoms with Crippen LogP contribution >= 0.6 is 0 Å². The molecule has 4 heteroatoms. The number of hydrogen-bond acceptors (Lipinski definition) is 3. The zero-order valence-corrected chi connectivity index (χ0v) is 12.2. The summed E-state index contributed by atoms with van der Waals surface area (Å²) in [7, 11) is 0. The van der Waals surface area contributed by atoms with Crippen molar-refractivity contribution in [2.24, 2.45) is 11.3 Å². The van der Waals surface area contributed by atoms with Crippen molar-refractivity contribution in [3.05, 3.63) is 29.6 Å². The van der Waals surface area contributed by atoms with Crippen molar-refractivity contribution < 1.29 is 9.90 Å². The van der Waals surface area contributed by atoms with E-state index in [2.05, 4.69) is 38.0 Å². The summed E-state index contributed by atoms with van der Waals surface area (Å²) in [6.07, 6.45) is 2.60. The first-order chi connectivity index (χ1) is 8.84. The molecule has 1 aromatic rings. The summed E-state index contributed by atoms with van der Waals surface area (Å²) in [5.41, 5.74) is 1.13. The minimum absolute atomic E-state index is 0.0800. The number of rotatable bonds is 6. The first-order valence-electron chi connectivity index (χ1n) is 6.68. The van der Waals surface area contributed by atoms with Gasteiger partial charge in [0.2, 0.25) is 0 Å². The molecule has 1 aromatic heterocycles. The van der Waals surface area contributed by atoms with E-state index < -0.39 is 0 Å². The fraction of sp³-hybridized carbons (Fsp3) is 0.600. The van der Waals surface area contributed by atoms with E-state index in [0.717, 1.165) is 6.42 Å². The van der Waals surface area contributed by atoms with Crippen LogP contribution in [0.5, 0.6) is 0 Å². The van der Waals surface area contributed by atoms with Gasteiger partial charge in [-0.3, -0.25) is 9.78 Å². The quantitative estimate of drug-likeness (QED) is 0.829. The van der Waals surface area contributed by atoms with Gasteiger partial charge in [-0.25, -0.2) is 0 Å². The SMILES string of the molecule is CC(C)CC(C)(C)CNC(=O)c1ccnc(CO)c1. The topological polar surface area (TPSA) is 62.2 Å². The number of nitrogens with zero attached hydrogens (tertiary/aromatic N) is 1. The van der Waals surface area contributed by atoms with Gasteiger partial charge in [0, 0.05) is 18.3 Å². The van der Waals surface area contributed by atoms with Crippen molar-refractivity contribution in [3.8, 4) is 0 Å². The standard InChI is InChI=1S/C15H24N2O2/c1-11(2)8-15(3,4)10-17-14(19)12-5-6-16-13(7-12)9-18/h5-7,11,18H,8-10H2,1-4H3,(H,17,19). The number of carbonyl (C=O) groups is 1. The maximum Gasteiger partial charge on any atom is 0.251 e. The molecule has 0 fully saturated rings. The van der Waals surface area contributed by atoms with Crippen LogP contribution in [0.15, 0.2) is 18.3 Å². The van der Waals surface area contributed by atoms with Gasteiger partial charge in [0.1, 0.15) is 0 Å². The molecule has 0 atom stereocenters. The van der Waals surface area contributed by atoms with Crippen LogP contribution in [0.25, 0.3) is 0 Å². The third-order valence-electron chi connectivity index (χ3n) is 2.93. The monoisotopic (exact) mass is 264 g/mol. The zero-order chi connectivity index (χ0) is 14.5. The highest BCUT2D eigenvalue weighted by Gasteiger charge is 2.20. The number of hydrogen-bond donors (Lipinski definition) is 2. The summed E-state index contributed by atoms with van der Waals surface area (Å²) in [4.78, 5) is 16.0. The van der Waals surface area contributed by atoms with E-state index in [-0.39, 0.29) is 17.9 Å². The second kappa shape index (κ2) is 6.66. The van der Waals surface area contributed by atoms with Crippen LogP contribution in [0, 0.1) is 11.3 Å². The van der Waals surface area contributed by atoms with Crippen LogP contribution in [-0.4, -0.2) is 22.5 Å². The molecule has 0 aliphatic rings. The molecular weight excluding hydrogens is 240 g/mol. The van der Waals surface area contributed by atoms with Gasteiger partial charge in [-0.05, 0) is 29.9 Å². The predicted octanol–water partition coefficient (Wildman–Crippen LogP) is 2.38. The third-order valence-corrected chi connectivity index (χ3v) is 2.93. The lowest BCUT2D eigenvalue weighted by molar-refractivity contribution is 0.0931. The lowest BCUT2D eigenvalue weighted by atomic mass is 9.84. The molecule has 0 aliphatic carbocycles. The number of amides is 1. The Balaban J connectivity index is 2.60. The summed E-state index contributed by atoms with van der Waals surface area (Å²) in [6, 6.07) is 3.27. The Morgan fingerprint density at radius 1 is 1.47 bits per heavy atom. The van der Waals surface area contributed by atoms with Crippen LogP contribution < -0.4 is 5.32 Å². The van der Waals surface area contributed by atoms with E-state index in [1.165, 1.54) is 0 Å². The average Bonchev–Trinajstić information content (AvgIpc) is 2.34. The minimum atomic E-state index is -0.153. The van der Waals surface area contributed by atoms with E-state index in [0.29, 0.717) is 23.7 Å². The van der Waals surface area contributed by atoms with Crippen molar-refractivity contribution in [1.82, 2.24) is 10.3 Å². The van der Waals surface area contributed by atoms with Crippen LogP contribution in [0.4, 0.5) is 0 Å². The molecule has 106 valence electrons. The summed E-state index contributed by atoms with van der Waals surface area (Å²) in [5, 5.41) is 12.0. The summed E-state index contributed by atoms with van der Waals surface area (Å²) < 4.78 is 0. The van der Waals surface area contributed by atoms with Crippen molar-refractivity contribution in [1.29, 1.82) is 0 Å². The number of pyridine rings is 1. The van der Waals surface area contributed by atoms with Crippen LogP contribution in [-0.2, 0) is 6.61 Å². The van der Waals surface area contributed by atoms with Gasteiger partial charge < -0.3 is 10.4 Å². The Kier molecular flexibility index (Phi) is 5.48. The van der Waals surface area contributed by atoms with E-state index >= 15 is 0 Å². The maximum atomic E-state index is 12.0. The highest BCUT2D eigenvalue weighted by Crippen LogP contribution is 2.24. The molecule has 0 aromatic carbocycles. The molecule has 19 heavy (non-hydrogen) atoms. The van der Waals surface area contributed by atoms with Crippen molar-refractivity contribution in [3.63, 3.8) is 0 Å². The minimum Gasteiger partial charge on any atom is -0.390 e. The molecule has 0 aliphatic heterocycles. The van der Waals surface area contributed by atoms with Crippen molar-refractivity contribution >= 4 is 5.91 Å². The van der Waals surface area contributed by atoms with Crippen molar-refractivity contribution in [2.45, 2.75) is 40.7 Å². The lowest BCUT2D eigenvalue weighted by Crippen LogP contribution is -2.34. The maximum absolute atomic E-state index is 12.0. The Bertz CT molecular complexity index is 428. The van der Waals surface area contributed by atoms with E-state index in [9.17, 15) is 4.79 Å². The molecule has 1 rings (SSSR count). The molecule has 1 amide bonds. The predicted molar refractivity (Wildman–Crippen MR) is 75.7 cm³/mol. The molecule has 1 heterocycles. The average molecular weight is 264 g/mol. The molecule has 0 unspecified atom stereocenters. The zero-order valence-electron chi connectivity index (χ0n) is 12.2. The molecule has 0 saturated heterocycles. The molecule has 2 N–H and O–H groups in total. The van der Waals surface area contributed by atoms with Gasteiger partial charge in [-0.1, -0.05) is 27.7 Å². The van der Waals surface area contributed by atoms with Gasteiger partial charge in [0.25, 0.3) is 5.91 Å². The highest BCUT2D eigenvalue weighted by molar-refractivity contribution is 5.94. The van der Waals surface area contributed by atoms with Gasteiger partial charge in [0.05, 0.1) is 12.3 Å². The lowest BCUT2D eigenvalue weighted by Gasteiger charge is -2.27. The third kappa shape index (κ3) is 5.39. The Morgan fingerprint density at radius 2 is 2.16 bits per heavy atom. The molecule has 0 bridgehead atoms. The number of aliphatic hydroxyl groups excluding tert-OH is 1. The van der Waals surface area contributed by atoms with Crippen LogP contribution in [0.2, 0.25) is 0 Å². The first kappa shape index (κ1) is 15.6. The fourth-order valence-corrected chi connectivity index (χ4v) is 2.30. The summed E-state index contributed by atoms with van der Waals surface area (Å²) in [5.74, 6) is 0.489. The smallest absolute Gasteiger partial charge is 0.251 e. The van der Waals surface area contributed by atoms with Crippen molar-refractivity contribution in [2.75, 3.05) is 6.54 Å². The summed E-state index contributed by atoms with van der Waals surface area (Å²) >= 11 is 0. The fourth-order valence-electron chi connectivity index (χ4n) is 2.30. The van der Waals surface area contributed by atoms with Gasteiger partial charge >= 0.3 is 0 Å².